The van der Waals surface area contributed by atoms with Crippen molar-refractivity contribution in [2.45, 2.75) is 46.1 Å². The molecular formula is C18H27FN2O2. The zero-order valence-electron chi connectivity index (χ0n) is 14.5. The molecule has 0 aliphatic carbocycles. The van der Waals surface area contributed by atoms with Crippen LogP contribution in [0.3, 0.4) is 0 Å². The van der Waals surface area contributed by atoms with E-state index in [1.165, 1.54) is 6.07 Å². The van der Waals surface area contributed by atoms with Crippen molar-refractivity contribution in [2.24, 2.45) is 5.92 Å². The van der Waals surface area contributed by atoms with Crippen LogP contribution in [0.5, 0.6) is 0 Å². The van der Waals surface area contributed by atoms with Crippen LogP contribution in [-0.4, -0.2) is 36.2 Å². The Kier molecular flexibility index (Phi) is 5.50. The minimum Gasteiger partial charge on any atom is -0.444 e. The maximum absolute atomic E-state index is 13.3. The summed E-state index contributed by atoms with van der Waals surface area (Å²) in [7, 11) is 0. The number of anilines is 1. The predicted octanol–water partition coefficient (Wildman–Crippen LogP) is 4.19. The van der Waals surface area contributed by atoms with Crippen molar-refractivity contribution in [3.05, 3.63) is 29.6 Å². The van der Waals surface area contributed by atoms with Gasteiger partial charge in [0.1, 0.15) is 11.4 Å². The van der Waals surface area contributed by atoms with Crippen molar-refractivity contribution in [1.29, 1.82) is 0 Å². The fraction of sp³-hybridized carbons (Fsp3) is 0.611. The number of nitrogens with zero attached hydrogens (tertiary/aromatic N) is 1. The van der Waals surface area contributed by atoms with Crippen LogP contribution in [0.1, 0.15) is 39.2 Å². The molecule has 1 fully saturated rings. The SMILES string of the molecule is Cc1cc(NCC2CCN(C(=O)OC(C)(C)C)CC2)ccc1F. The summed E-state index contributed by atoms with van der Waals surface area (Å²) >= 11 is 0. The second kappa shape index (κ2) is 7.20. The van der Waals surface area contributed by atoms with E-state index in [-0.39, 0.29) is 11.9 Å². The number of likely N-dealkylation sites (tertiary alicyclic amines) is 1. The lowest BCUT2D eigenvalue weighted by Gasteiger charge is -2.33. The highest BCUT2D eigenvalue weighted by atomic mass is 19.1. The summed E-state index contributed by atoms with van der Waals surface area (Å²) in [4.78, 5) is 13.8. The van der Waals surface area contributed by atoms with Gasteiger partial charge in [0.25, 0.3) is 0 Å². The largest absolute Gasteiger partial charge is 0.444 e. The number of nitrogens with one attached hydrogen (secondary N) is 1. The fourth-order valence-electron chi connectivity index (χ4n) is 2.66. The number of benzene rings is 1. The van der Waals surface area contributed by atoms with Crippen molar-refractivity contribution in [3.63, 3.8) is 0 Å². The van der Waals surface area contributed by atoms with Crippen molar-refractivity contribution in [3.8, 4) is 0 Å². The van der Waals surface area contributed by atoms with E-state index in [9.17, 15) is 9.18 Å². The standard InChI is InChI=1S/C18H27FN2O2/c1-13-11-15(5-6-16(13)19)20-12-14-7-9-21(10-8-14)17(22)23-18(2,3)4/h5-6,11,14,20H,7-10,12H2,1-4H3. The maximum atomic E-state index is 13.3. The molecule has 0 bridgehead atoms. The number of hydrogen-bond donors (Lipinski definition) is 1. The highest BCUT2D eigenvalue weighted by Crippen LogP contribution is 2.21. The molecule has 0 aromatic heterocycles. The van der Waals surface area contributed by atoms with E-state index >= 15 is 0 Å². The van der Waals surface area contributed by atoms with Crippen LogP contribution in [0, 0.1) is 18.7 Å². The molecule has 1 aromatic rings. The van der Waals surface area contributed by atoms with Crippen molar-refractivity contribution < 1.29 is 13.9 Å². The number of amides is 1. The van der Waals surface area contributed by atoms with E-state index in [0.29, 0.717) is 11.5 Å². The van der Waals surface area contributed by atoms with Crippen LogP contribution in [0.25, 0.3) is 0 Å². The van der Waals surface area contributed by atoms with E-state index in [4.69, 9.17) is 4.74 Å². The molecule has 5 heteroatoms. The molecule has 0 radical (unpaired) electrons. The minimum absolute atomic E-state index is 0.179. The Balaban J connectivity index is 1.76. The van der Waals surface area contributed by atoms with Gasteiger partial charge in [-0.1, -0.05) is 0 Å². The Morgan fingerprint density at radius 2 is 2.00 bits per heavy atom. The summed E-state index contributed by atoms with van der Waals surface area (Å²) in [5.41, 5.74) is 1.14. The number of piperidine rings is 1. The lowest BCUT2D eigenvalue weighted by Crippen LogP contribution is -2.42. The Hall–Kier alpha value is -1.78. The Labute approximate surface area is 138 Å². The monoisotopic (exact) mass is 322 g/mol. The average molecular weight is 322 g/mol. The fourth-order valence-corrected chi connectivity index (χ4v) is 2.66. The molecule has 1 aromatic carbocycles. The van der Waals surface area contributed by atoms with Crippen LogP contribution >= 0.6 is 0 Å². The van der Waals surface area contributed by atoms with Gasteiger partial charge in [-0.2, -0.15) is 0 Å². The number of rotatable bonds is 3. The van der Waals surface area contributed by atoms with Gasteiger partial charge in [0, 0.05) is 25.3 Å². The average Bonchev–Trinajstić information content (AvgIpc) is 2.47. The quantitative estimate of drug-likeness (QED) is 0.907. The molecule has 1 aliphatic heterocycles. The highest BCUT2D eigenvalue weighted by Gasteiger charge is 2.26. The second-order valence-corrected chi connectivity index (χ2v) is 7.26. The van der Waals surface area contributed by atoms with Gasteiger partial charge in [-0.3, -0.25) is 0 Å². The number of carbonyl (C=O) groups excluding carboxylic acids is 1. The molecule has 1 amide bonds. The molecule has 1 N–H and O–H groups in total. The third kappa shape index (κ3) is 5.41. The predicted molar refractivity (Wildman–Crippen MR) is 90.2 cm³/mol. The van der Waals surface area contributed by atoms with E-state index in [1.807, 2.05) is 26.8 Å². The summed E-state index contributed by atoms with van der Waals surface area (Å²) in [5, 5.41) is 3.36. The van der Waals surface area contributed by atoms with Gasteiger partial charge in [-0.05, 0) is 70.2 Å². The number of ether oxygens (including phenoxy) is 1. The molecule has 4 nitrogen and oxygen atoms in total. The molecule has 2 rings (SSSR count). The summed E-state index contributed by atoms with van der Waals surface area (Å²) in [6.45, 7) is 9.70. The zero-order valence-corrected chi connectivity index (χ0v) is 14.5. The molecule has 0 unspecified atom stereocenters. The molecule has 128 valence electrons. The van der Waals surface area contributed by atoms with Gasteiger partial charge in [0.05, 0.1) is 0 Å². The molecular weight excluding hydrogens is 295 g/mol. The Bertz CT molecular complexity index is 546. The molecule has 1 aliphatic rings. The second-order valence-electron chi connectivity index (χ2n) is 7.26. The number of hydrogen-bond acceptors (Lipinski definition) is 3. The number of aryl methyl sites for hydroxylation is 1. The van der Waals surface area contributed by atoms with Gasteiger partial charge in [0.15, 0.2) is 0 Å². The molecule has 23 heavy (non-hydrogen) atoms. The van der Waals surface area contributed by atoms with E-state index < -0.39 is 5.60 Å². The molecule has 0 saturated carbocycles. The first kappa shape index (κ1) is 17.6. The van der Waals surface area contributed by atoms with Crippen LogP contribution < -0.4 is 5.32 Å². The highest BCUT2D eigenvalue weighted by molar-refractivity contribution is 5.68. The summed E-state index contributed by atoms with van der Waals surface area (Å²) in [5.74, 6) is 0.334. The van der Waals surface area contributed by atoms with Gasteiger partial charge >= 0.3 is 6.09 Å². The molecule has 1 heterocycles. The van der Waals surface area contributed by atoms with Gasteiger partial charge in [-0.25, -0.2) is 9.18 Å². The van der Waals surface area contributed by atoms with Crippen LogP contribution in [0.15, 0.2) is 18.2 Å². The van der Waals surface area contributed by atoms with E-state index in [0.717, 1.165) is 38.2 Å². The Morgan fingerprint density at radius 3 is 2.57 bits per heavy atom. The third-order valence-electron chi connectivity index (χ3n) is 4.02. The number of halogens is 1. The summed E-state index contributed by atoms with van der Waals surface area (Å²) in [6, 6.07) is 5.08. The minimum atomic E-state index is -0.448. The molecule has 0 atom stereocenters. The molecule has 0 spiro atoms. The first-order valence-corrected chi connectivity index (χ1v) is 8.22. The topological polar surface area (TPSA) is 41.6 Å². The van der Waals surface area contributed by atoms with Crippen LogP contribution in [0.2, 0.25) is 0 Å². The summed E-state index contributed by atoms with van der Waals surface area (Å²) < 4.78 is 18.7. The van der Waals surface area contributed by atoms with Gasteiger partial charge in [-0.15, -0.1) is 0 Å². The maximum Gasteiger partial charge on any atom is 0.410 e. The number of carbonyl (C=O) groups is 1. The molecule has 1 saturated heterocycles. The third-order valence-corrected chi connectivity index (χ3v) is 4.02. The van der Waals surface area contributed by atoms with E-state index in [1.54, 1.807) is 17.9 Å². The first-order valence-electron chi connectivity index (χ1n) is 8.22. The van der Waals surface area contributed by atoms with Crippen molar-refractivity contribution >= 4 is 11.8 Å². The van der Waals surface area contributed by atoms with Crippen LogP contribution in [-0.2, 0) is 4.74 Å². The zero-order chi connectivity index (χ0) is 17.0. The Morgan fingerprint density at radius 1 is 1.35 bits per heavy atom. The van der Waals surface area contributed by atoms with Crippen molar-refractivity contribution in [1.82, 2.24) is 4.90 Å². The van der Waals surface area contributed by atoms with E-state index in [2.05, 4.69) is 5.32 Å². The summed E-state index contributed by atoms with van der Waals surface area (Å²) in [6.07, 6.45) is 1.68. The van der Waals surface area contributed by atoms with Gasteiger partial charge in [0.2, 0.25) is 0 Å². The smallest absolute Gasteiger partial charge is 0.410 e. The lowest BCUT2D eigenvalue weighted by atomic mass is 9.97. The normalized spacial score (nSPS) is 16.3. The first-order chi connectivity index (χ1) is 10.7. The van der Waals surface area contributed by atoms with Crippen LogP contribution in [0.4, 0.5) is 14.9 Å². The van der Waals surface area contributed by atoms with Crippen molar-refractivity contribution in [2.75, 3.05) is 25.0 Å². The van der Waals surface area contributed by atoms with Gasteiger partial charge < -0.3 is 15.0 Å². The lowest BCUT2D eigenvalue weighted by molar-refractivity contribution is 0.0188.